The van der Waals surface area contributed by atoms with Crippen LogP contribution in [0.1, 0.15) is 30.9 Å². The van der Waals surface area contributed by atoms with Crippen molar-refractivity contribution in [1.82, 2.24) is 4.90 Å². The van der Waals surface area contributed by atoms with Gasteiger partial charge in [-0.2, -0.15) is 0 Å². The number of carbonyl (C=O) groups excluding carboxylic acids is 2. The minimum atomic E-state index is -0.124. The Morgan fingerprint density at radius 1 is 1.10 bits per heavy atom. The molecule has 2 aromatic rings. The Labute approximate surface area is 170 Å². The van der Waals surface area contributed by atoms with E-state index in [1.807, 2.05) is 54.3 Å². The zero-order valence-corrected chi connectivity index (χ0v) is 16.4. The Bertz CT molecular complexity index is 961. The van der Waals surface area contributed by atoms with E-state index < -0.39 is 0 Å². The van der Waals surface area contributed by atoms with Crippen molar-refractivity contribution in [3.05, 3.63) is 53.6 Å². The number of nitrogens with one attached hydrogen (secondary N) is 1. The van der Waals surface area contributed by atoms with Gasteiger partial charge in [0.05, 0.1) is 6.61 Å². The Balaban J connectivity index is 1.54. The number of nitrogens with zero attached hydrogens (tertiary/aromatic N) is 1. The number of rotatable bonds is 6. The summed E-state index contributed by atoms with van der Waals surface area (Å²) in [5, 5.41) is 2.87. The molecule has 0 bridgehead atoms. The molecule has 1 saturated heterocycles. The van der Waals surface area contributed by atoms with Crippen molar-refractivity contribution in [3.8, 4) is 11.5 Å². The molecule has 150 valence electrons. The third kappa shape index (κ3) is 4.11. The summed E-state index contributed by atoms with van der Waals surface area (Å²) in [6.45, 7) is 3.97. The number of likely N-dealkylation sites (tertiary alicyclic amines) is 1. The average molecular weight is 392 g/mol. The van der Waals surface area contributed by atoms with E-state index in [9.17, 15) is 9.59 Å². The normalized spacial score (nSPS) is 16.7. The summed E-state index contributed by atoms with van der Waals surface area (Å²) in [5.41, 5.74) is 3.13. The van der Waals surface area contributed by atoms with Crippen molar-refractivity contribution < 1.29 is 19.1 Å². The zero-order valence-electron chi connectivity index (χ0n) is 16.4. The van der Waals surface area contributed by atoms with Crippen LogP contribution in [0.25, 0.3) is 11.6 Å². The van der Waals surface area contributed by atoms with Crippen molar-refractivity contribution in [2.75, 3.05) is 31.6 Å². The monoisotopic (exact) mass is 392 g/mol. The lowest BCUT2D eigenvalue weighted by molar-refractivity contribution is -0.132. The summed E-state index contributed by atoms with van der Waals surface area (Å²) >= 11 is 0. The number of hydrogen-bond donors (Lipinski definition) is 1. The summed E-state index contributed by atoms with van der Waals surface area (Å²) in [6.07, 6.45) is 3.94. The standard InChI is InChI=1S/C23H24N2O4/c1-2-28-21-14-16(13-18-17-7-3-4-8-19(17)24-23(18)27)9-10-20(21)29-15-22(26)25-11-5-6-12-25/h3-4,7-10,13-14H,2,5-6,11-12,15H2,1H3,(H,24,27)/b18-13+. The lowest BCUT2D eigenvalue weighted by Gasteiger charge is -2.17. The number of carbonyl (C=O) groups is 2. The first-order valence-corrected chi connectivity index (χ1v) is 9.95. The molecule has 2 aliphatic rings. The predicted octanol–water partition coefficient (Wildman–Crippen LogP) is 3.58. The van der Waals surface area contributed by atoms with Gasteiger partial charge in [0.1, 0.15) is 0 Å². The van der Waals surface area contributed by atoms with Gasteiger partial charge in [-0.3, -0.25) is 9.59 Å². The van der Waals surface area contributed by atoms with E-state index in [-0.39, 0.29) is 18.4 Å². The Hall–Kier alpha value is -3.28. The fraction of sp³-hybridized carbons (Fsp3) is 0.304. The molecule has 2 heterocycles. The highest BCUT2D eigenvalue weighted by atomic mass is 16.5. The van der Waals surface area contributed by atoms with Gasteiger partial charge in [-0.25, -0.2) is 0 Å². The molecule has 2 aromatic carbocycles. The first kappa shape index (κ1) is 19.1. The molecule has 2 aliphatic heterocycles. The predicted molar refractivity (Wildman–Crippen MR) is 112 cm³/mol. The molecule has 6 nitrogen and oxygen atoms in total. The van der Waals surface area contributed by atoms with Crippen LogP contribution in [0.2, 0.25) is 0 Å². The lowest BCUT2D eigenvalue weighted by atomic mass is 10.0. The van der Waals surface area contributed by atoms with Crippen LogP contribution in [-0.2, 0) is 9.59 Å². The number of hydrogen-bond acceptors (Lipinski definition) is 4. The van der Waals surface area contributed by atoms with Crippen LogP contribution in [0.5, 0.6) is 11.5 Å². The van der Waals surface area contributed by atoms with E-state index in [1.165, 1.54) is 0 Å². The highest BCUT2D eigenvalue weighted by molar-refractivity contribution is 6.34. The molecule has 2 amide bonds. The maximum Gasteiger partial charge on any atom is 0.260 e. The number of para-hydroxylation sites is 1. The lowest BCUT2D eigenvalue weighted by Crippen LogP contribution is -2.32. The molecule has 1 N–H and O–H groups in total. The second-order valence-corrected chi connectivity index (χ2v) is 7.07. The van der Waals surface area contributed by atoms with Crippen LogP contribution >= 0.6 is 0 Å². The first-order chi connectivity index (χ1) is 14.2. The van der Waals surface area contributed by atoms with Gasteiger partial charge in [0.15, 0.2) is 18.1 Å². The molecular formula is C23H24N2O4. The van der Waals surface area contributed by atoms with E-state index in [0.717, 1.165) is 42.7 Å². The van der Waals surface area contributed by atoms with Crippen LogP contribution < -0.4 is 14.8 Å². The number of benzene rings is 2. The Kier molecular flexibility index (Phi) is 5.51. The summed E-state index contributed by atoms with van der Waals surface area (Å²) in [5.74, 6) is 0.955. The van der Waals surface area contributed by atoms with Gasteiger partial charge >= 0.3 is 0 Å². The van der Waals surface area contributed by atoms with Gasteiger partial charge < -0.3 is 19.7 Å². The molecule has 1 fully saturated rings. The van der Waals surface area contributed by atoms with E-state index >= 15 is 0 Å². The molecule has 29 heavy (non-hydrogen) atoms. The smallest absolute Gasteiger partial charge is 0.260 e. The molecule has 0 unspecified atom stereocenters. The third-order valence-corrected chi connectivity index (χ3v) is 5.10. The molecule has 0 aliphatic carbocycles. The number of amides is 2. The van der Waals surface area contributed by atoms with Crippen LogP contribution in [0.15, 0.2) is 42.5 Å². The number of fused-ring (bicyclic) bond motifs is 1. The topological polar surface area (TPSA) is 67.9 Å². The van der Waals surface area contributed by atoms with E-state index in [0.29, 0.717) is 23.7 Å². The summed E-state index contributed by atoms with van der Waals surface area (Å²) < 4.78 is 11.5. The maximum absolute atomic E-state index is 12.3. The largest absolute Gasteiger partial charge is 0.490 e. The Morgan fingerprint density at radius 2 is 1.90 bits per heavy atom. The van der Waals surface area contributed by atoms with Gasteiger partial charge in [-0.15, -0.1) is 0 Å². The van der Waals surface area contributed by atoms with Gasteiger partial charge in [-0.1, -0.05) is 24.3 Å². The SMILES string of the molecule is CCOc1cc(/C=C2/C(=O)Nc3ccccc32)ccc1OCC(=O)N1CCCC1. The van der Waals surface area contributed by atoms with Crippen molar-refractivity contribution in [3.63, 3.8) is 0 Å². The van der Waals surface area contributed by atoms with Crippen LogP contribution in [0.3, 0.4) is 0 Å². The Morgan fingerprint density at radius 3 is 2.69 bits per heavy atom. The summed E-state index contributed by atoms with van der Waals surface area (Å²) in [4.78, 5) is 26.4. The second kappa shape index (κ2) is 8.39. The van der Waals surface area contributed by atoms with Gasteiger partial charge in [0.25, 0.3) is 11.8 Å². The van der Waals surface area contributed by atoms with Crippen LogP contribution in [0.4, 0.5) is 5.69 Å². The van der Waals surface area contributed by atoms with E-state index in [1.54, 1.807) is 6.07 Å². The average Bonchev–Trinajstić information content (AvgIpc) is 3.36. The minimum Gasteiger partial charge on any atom is -0.490 e. The zero-order chi connectivity index (χ0) is 20.2. The van der Waals surface area contributed by atoms with E-state index in [4.69, 9.17) is 9.47 Å². The summed E-state index contributed by atoms with van der Waals surface area (Å²) in [7, 11) is 0. The van der Waals surface area contributed by atoms with Crippen molar-refractivity contribution in [2.45, 2.75) is 19.8 Å². The molecule has 0 atom stereocenters. The fourth-order valence-electron chi connectivity index (χ4n) is 3.65. The molecular weight excluding hydrogens is 368 g/mol. The number of ether oxygens (including phenoxy) is 2. The molecule has 0 radical (unpaired) electrons. The summed E-state index contributed by atoms with van der Waals surface area (Å²) in [6, 6.07) is 13.1. The molecule has 0 spiro atoms. The fourth-order valence-corrected chi connectivity index (χ4v) is 3.65. The maximum atomic E-state index is 12.3. The molecule has 4 rings (SSSR count). The van der Waals surface area contributed by atoms with Gasteiger partial charge in [-0.05, 0) is 49.6 Å². The molecule has 6 heteroatoms. The third-order valence-electron chi connectivity index (χ3n) is 5.10. The minimum absolute atomic E-state index is 0.00368. The van der Waals surface area contributed by atoms with Gasteiger partial charge in [0, 0.05) is 29.9 Å². The quantitative estimate of drug-likeness (QED) is 0.763. The van der Waals surface area contributed by atoms with Crippen molar-refractivity contribution in [1.29, 1.82) is 0 Å². The number of anilines is 1. The van der Waals surface area contributed by atoms with Crippen molar-refractivity contribution in [2.24, 2.45) is 0 Å². The molecule has 0 saturated carbocycles. The highest BCUT2D eigenvalue weighted by Crippen LogP contribution is 2.35. The second-order valence-electron chi connectivity index (χ2n) is 7.07. The first-order valence-electron chi connectivity index (χ1n) is 9.95. The van der Waals surface area contributed by atoms with Crippen LogP contribution in [0, 0.1) is 0 Å². The van der Waals surface area contributed by atoms with Gasteiger partial charge in [0.2, 0.25) is 0 Å². The van der Waals surface area contributed by atoms with Crippen molar-refractivity contribution >= 4 is 29.2 Å². The van der Waals surface area contributed by atoms with E-state index in [2.05, 4.69) is 5.32 Å². The molecule has 0 aromatic heterocycles. The highest BCUT2D eigenvalue weighted by Gasteiger charge is 2.23. The van der Waals surface area contributed by atoms with Crippen LogP contribution in [-0.4, -0.2) is 43.0 Å².